The van der Waals surface area contributed by atoms with Gasteiger partial charge in [-0.25, -0.2) is 4.98 Å². The smallest absolute Gasteiger partial charge is 0.233 e. The molecule has 1 amide bonds. The van der Waals surface area contributed by atoms with Gasteiger partial charge in [-0.05, 0) is 18.4 Å². The largest absolute Gasteiger partial charge is 0.481 e. The van der Waals surface area contributed by atoms with Crippen molar-refractivity contribution in [2.75, 3.05) is 7.11 Å². The van der Waals surface area contributed by atoms with E-state index in [1.807, 2.05) is 6.07 Å². The van der Waals surface area contributed by atoms with Crippen LogP contribution in [0, 0.1) is 5.41 Å². The maximum atomic E-state index is 12.2. The summed E-state index contributed by atoms with van der Waals surface area (Å²) in [4.78, 5) is 16.5. The highest BCUT2D eigenvalue weighted by Gasteiger charge is 2.46. The Balaban J connectivity index is 1.94. The highest BCUT2D eigenvalue weighted by Crippen LogP contribution is 2.41. The lowest BCUT2D eigenvalue weighted by atomic mass is 9.68. The van der Waals surface area contributed by atoms with Gasteiger partial charge in [0, 0.05) is 18.8 Å². The van der Waals surface area contributed by atoms with Crippen LogP contribution in [0.3, 0.4) is 0 Å². The van der Waals surface area contributed by atoms with Gasteiger partial charge in [-0.15, -0.1) is 0 Å². The van der Waals surface area contributed by atoms with Gasteiger partial charge in [0.05, 0.1) is 17.5 Å². The van der Waals surface area contributed by atoms with E-state index >= 15 is 0 Å². The van der Waals surface area contributed by atoms with E-state index in [0.717, 1.165) is 24.8 Å². The molecule has 1 aromatic heterocycles. The van der Waals surface area contributed by atoms with Gasteiger partial charge in [0.25, 0.3) is 0 Å². The van der Waals surface area contributed by atoms with E-state index in [4.69, 9.17) is 22.7 Å². The minimum atomic E-state index is -0.630. The number of ether oxygens (including phenoxy) is 1. The van der Waals surface area contributed by atoms with E-state index in [1.165, 1.54) is 0 Å². The molecule has 102 valence electrons. The number of nitrogens with zero attached hydrogens (tertiary/aromatic N) is 1. The molecular formula is C13H17N3O2S. The number of amides is 1. The summed E-state index contributed by atoms with van der Waals surface area (Å²) in [6.07, 6.45) is 4.16. The number of nitrogens with one attached hydrogen (secondary N) is 1. The SMILES string of the molecule is COc1ccc(CNC(=O)C2(C(N)=S)CCC2)cn1. The Bertz CT molecular complexity index is 483. The lowest BCUT2D eigenvalue weighted by Crippen LogP contribution is -2.52. The van der Waals surface area contributed by atoms with Crippen LogP contribution in [0.5, 0.6) is 5.88 Å². The van der Waals surface area contributed by atoms with E-state index < -0.39 is 5.41 Å². The summed E-state index contributed by atoms with van der Waals surface area (Å²) in [5.74, 6) is 0.468. The molecule has 1 saturated carbocycles. The number of nitrogens with two attached hydrogens (primary N) is 1. The van der Waals surface area contributed by atoms with Crippen molar-refractivity contribution in [3.05, 3.63) is 23.9 Å². The van der Waals surface area contributed by atoms with E-state index in [2.05, 4.69) is 10.3 Å². The van der Waals surface area contributed by atoms with Crippen LogP contribution in [-0.4, -0.2) is 23.0 Å². The second-order valence-electron chi connectivity index (χ2n) is 4.69. The molecule has 1 aliphatic carbocycles. The molecule has 0 saturated heterocycles. The lowest BCUT2D eigenvalue weighted by Gasteiger charge is -2.39. The molecule has 0 unspecified atom stereocenters. The summed E-state index contributed by atoms with van der Waals surface area (Å²) in [6, 6.07) is 3.62. The number of aromatic nitrogens is 1. The molecule has 1 aromatic rings. The van der Waals surface area contributed by atoms with Crippen LogP contribution in [0.2, 0.25) is 0 Å². The Hall–Kier alpha value is -1.69. The third-order valence-electron chi connectivity index (χ3n) is 3.57. The zero-order valence-corrected chi connectivity index (χ0v) is 11.6. The molecule has 1 fully saturated rings. The van der Waals surface area contributed by atoms with Crippen LogP contribution in [0.15, 0.2) is 18.3 Å². The van der Waals surface area contributed by atoms with Crippen LogP contribution in [-0.2, 0) is 11.3 Å². The molecule has 1 heterocycles. The summed E-state index contributed by atoms with van der Waals surface area (Å²) in [5.41, 5.74) is 5.96. The Labute approximate surface area is 117 Å². The number of carbonyl (C=O) groups excluding carboxylic acids is 1. The van der Waals surface area contributed by atoms with E-state index in [0.29, 0.717) is 17.4 Å². The monoisotopic (exact) mass is 279 g/mol. The number of carbonyl (C=O) groups is 1. The third-order valence-corrected chi connectivity index (χ3v) is 3.96. The summed E-state index contributed by atoms with van der Waals surface area (Å²) < 4.78 is 4.97. The average Bonchev–Trinajstić information content (AvgIpc) is 2.35. The van der Waals surface area contributed by atoms with Gasteiger partial charge in [-0.2, -0.15) is 0 Å². The fourth-order valence-electron chi connectivity index (χ4n) is 2.10. The molecule has 6 heteroatoms. The standard InChI is InChI=1S/C13H17N3O2S/c1-18-10-4-3-9(7-15-10)8-16-12(17)13(11(14)19)5-2-6-13/h3-4,7H,2,5-6,8H2,1H3,(H2,14,19)(H,16,17). The second kappa shape index (κ2) is 5.52. The van der Waals surface area contributed by atoms with Crippen molar-refractivity contribution < 1.29 is 9.53 Å². The normalized spacial score (nSPS) is 16.3. The Morgan fingerprint density at radius 3 is 2.74 bits per heavy atom. The third kappa shape index (κ3) is 2.68. The number of rotatable bonds is 5. The molecule has 19 heavy (non-hydrogen) atoms. The molecule has 0 radical (unpaired) electrons. The molecule has 2 rings (SSSR count). The summed E-state index contributed by atoms with van der Waals surface area (Å²) in [6.45, 7) is 0.417. The zero-order valence-electron chi connectivity index (χ0n) is 10.8. The molecule has 0 aliphatic heterocycles. The Kier molecular flexibility index (Phi) is 3.99. The van der Waals surface area contributed by atoms with Crippen molar-refractivity contribution in [3.63, 3.8) is 0 Å². The highest BCUT2D eigenvalue weighted by atomic mass is 32.1. The van der Waals surface area contributed by atoms with Gasteiger partial charge in [0.1, 0.15) is 0 Å². The first-order chi connectivity index (χ1) is 9.08. The van der Waals surface area contributed by atoms with Crippen molar-refractivity contribution in [3.8, 4) is 5.88 Å². The minimum absolute atomic E-state index is 0.0814. The van der Waals surface area contributed by atoms with Gasteiger partial charge in [-0.1, -0.05) is 24.7 Å². The molecule has 0 bridgehead atoms. The topological polar surface area (TPSA) is 77.2 Å². The number of methoxy groups -OCH3 is 1. The molecule has 1 aliphatic rings. The van der Waals surface area contributed by atoms with Crippen LogP contribution in [0.1, 0.15) is 24.8 Å². The first kappa shape index (κ1) is 13.7. The first-order valence-corrected chi connectivity index (χ1v) is 6.56. The van der Waals surface area contributed by atoms with E-state index in [9.17, 15) is 4.79 Å². The van der Waals surface area contributed by atoms with Gasteiger partial charge < -0.3 is 15.8 Å². The predicted molar refractivity (Wildman–Crippen MR) is 75.7 cm³/mol. The maximum Gasteiger partial charge on any atom is 0.233 e. The van der Waals surface area contributed by atoms with Gasteiger partial charge >= 0.3 is 0 Å². The van der Waals surface area contributed by atoms with Crippen molar-refractivity contribution >= 4 is 23.1 Å². The van der Waals surface area contributed by atoms with Crippen molar-refractivity contribution in [1.82, 2.24) is 10.3 Å². The number of thiocarbonyl (C=S) groups is 1. The molecular weight excluding hydrogens is 262 g/mol. The van der Waals surface area contributed by atoms with Gasteiger partial charge in [-0.3, -0.25) is 4.79 Å². The lowest BCUT2D eigenvalue weighted by molar-refractivity contribution is -0.131. The fraction of sp³-hybridized carbons (Fsp3) is 0.462. The van der Waals surface area contributed by atoms with Gasteiger partial charge in [0.2, 0.25) is 11.8 Å². The summed E-state index contributed by atoms with van der Waals surface area (Å²) in [5, 5.41) is 2.87. The fourth-order valence-corrected chi connectivity index (χ4v) is 2.40. The van der Waals surface area contributed by atoms with Crippen molar-refractivity contribution in [1.29, 1.82) is 0 Å². The molecule has 0 aromatic carbocycles. The molecule has 5 nitrogen and oxygen atoms in total. The summed E-state index contributed by atoms with van der Waals surface area (Å²) in [7, 11) is 1.56. The average molecular weight is 279 g/mol. The zero-order chi connectivity index (χ0) is 13.9. The van der Waals surface area contributed by atoms with Crippen LogP contribution in [0.4, 0.5) is 0 Å². The summed E-state index contributed by atoms with van der Waals surface area (Å²) >= 11 is 5.01. The number of hydrogen-bond donors (Lipinski definition) is 2. The van der Waals surface area contributed by atoms with E-state index in [1.54, 1.807) is 19.4 Å². The predicted octanol–water partition coefficient (Wildman–Crippen LogP) is 1.16. The van der Waals surface area contributed by atoms with Crippen molar-refractivity contribution in [2.24, 2.45) is 11.1 Å². The maximum absolute atomic E-state index is 12.2. The van der Waals surface area contributed by atoms with Gasteiger partial charge in [0.15, 0.2) is 0 Å². The number of pyridine rings is 1. The quantitative estimate of drug-likeness (QED) is 0.791. The van der Waals surface area contributed by atoms with Crippen molar-refractivity contribution in [2.45, 2.75) is 25.8 Å². The van der Waals surface area contributed by atoms with Crippen LogP contribution < -0.4 is 15.8 Å². The van der Waals surface area contributed by atoms with Crippen LogP contribution in [0.25, 0.3) is 0 Å². The molecule has 0 atom stereocenters. The van der Waals surface area contributed by atoms with E-state index in [-0.39, 0.29) is 5.91 Å². The Morgan fingerprint density at radius 1 is 1.58 bits per heavy atom. The molecule has 0 spiro atoms. The molecule has 3 N–H and O–H groups in total. The Morgan fingerprint density at radius 2 is 2.32 bits per heavy atom. The number of hydrogen-bond acceptors (Lipinski definition) is 4. The first-order valence-electron chi connectivity index (χ1n) is 6.15. The minimum Gasteiger partial charge on any atom is -0.481 e. The van der Waals surface area contributed by atoms with Crippen LogP contribution >= 0.6 is 12.2 Å². The second-order valence-corrected chi connectivity index (χ2v) is 5.13. The highest BCUT2D eigenvalue weighted by molar-refractivity contribution is 7.80.